The van der Waals surface area contributed by atoms with Gasteiger partial charge in [0.25, 0.3) is 0 Å². The molecule has 0 amide bonds. The minimum absolute atomic E-state index is 0.0231. The third-order valence-electron chi connectivity index (χ3n) is 11.1. The van der Waals surface area contributed by atoms with Crippen LogP contribution in [0, 0.1) is 46.3 Å². The number of carbonyl (C=O) groups excluding carboxylic acids is 2. The number of rotatable bonds is 6. The quantitative estimate of drug-likeness (QED) is 0.515. The first-order valence-electron chi connectivity index (χ1n) is 13.8. The number of aliphatic hydroxyl groups excluding tert-OH is 2. The van der Waals surface area contributed by atoms with Crippen molar-refractivity contribution in [3.63, 3.8) is 0 Å². The Kier molecular flexibility index (Phi) is 7.78. The maximum atomic E-state index is 11.9. The number of hydrogen-bond acceptors (Lipinski definition) is 7. The first-order chi connectivity index (χ1) is 16.6. The van der Waals surface area contributed by atoms with Crippen LogP contribution >= 0.6 is 0 Å². The number of carbonyl (C=O) groups is 2. The van der Waals surface area contributed by atoms with Crippen LogP contribution in [0.25, 0.3) is 0 Å². The molecule has 200 valence electrons. The van der Waals surface area contributed by atoms with Crippen molar-refractivity contribution >= 4 is 12.1 Å². The summed E-state index contributed by atoms with van der Waals surface area (Å²) in [6.45, 7) is 8.88. The molecule has 0 aromatic carbocycles. The van der Waals surface area contributed by atoms with E-state index in [-0.39, 0.29) is 46.6 Å². The highest BCUT2D eigenvalue weighted by molar-refractivity contribution is 5.69. The second-order valence-corrected chi connectivity index (χ2v) is 12.4. The van der Waals surface area contributed by atoms with Gasteiger partial charge in [0.15, 0.2) is 0 Å². The van der Waals surface area contributed by atoms with Crippen LogP contribution < -0.4 is 0 Å². The number of methoxy groups -OCH3 is 1. The van der Waals surface area contributed by atoms with Crippen LogP contribution in [0.4, 0.5) is 4.79 Å². The summed E-state index contributed by atoms with van der Waals surface area (Å²) in [6, 6.07) is 0. The zero-order chi connectivity index (χ0) is 25.5. The monoisotopic (exact) mass is 494 g/mol. The van der Waals surface area contributed by atoms with Gasteiger partial charge in [0.2, 0.25) is 0 Å². The molecule has 4 aliphatic carbocycles. The molecule has 0 spiro atoms. The van der Waals surface area contributed by atoms with Gasteiger partial charge in [-0.2, -0.15) is 0 Å². The van der Waals surface area contributed by atoms with Crippen molar-refractivity contribution in [2.75, 3.05) is 13.7 Å². The molecule has 4 rings (SSSR count). The zero-order valence-electron chi connectivity index (χ0n) is 22.2. The summed E-state index contributed by atoms with van der Waals surface area (Å²) >= 11 is 0. The first-order valence-corrected chi connectivity index (χ1v) is 13.8. The van der Waals surface area contributed by atoms with Crippen LogP contribution in [0.15, 0.2) is 0 Å². The SMILES string of the molecule is CCOC(=O)O[C@H]1CC[C@@]2(C)[C@H](C1)C[C@@H](O)[C@H]1[C@H]2C[C@@H](O)[C@]2(C)[C@@H]1CC[C@H]2[C@H](C)CCC(=O)OC. The van der Waals surface area contributed by atoms with Crippen LogP contribution in [-0.2, 0) is 19.0 Å². The molecule has 2 N–H and O–H groups in total. The molecular weight excluding hydrogens is 448 g/mol. The maximum absolute atomic E-state index is 11.9. The van der Waals surface area contributed by atoms with E-state index in [1.165, 1.54) is 7.11 Å². The van der Waals surface area contributed by atoms with Crippen LogP contribution in [-0.4, -0.2) is 54.4 Å². The number of hydrogen-bond donors (Lipinski definition) is 2. The summed E-state index contributed by atoms with van der Waals surface area (Å²) in [7, 11) is 1.43. The molecule has 0 unspecified atom stereocenters. The molecule has 0 aromatic rings. The maximum Gasteiger partial charge on any atom is 0.508 e. The Bertz CT molecular complexity index is 785. The Balaban J connectivity index is 1.50. The summed E-state index contributed by atoms with van der Waals surface area (Å²) in [5.41, 5.74) is -0.222. The Morgan fingerprint density at radius 3 is 2.49 bits per heavy atom. The van der Waals surface area contributed by atoms with Crippen molar-refractivity contribution in [1.29, 1.82) is 0 Å². The lowest BCUT2D eigenvalue weighted by Crippen LogP contribution is -2.62. The predicted molar refractivity (Wildman–Crippen MR) is 130 cm³/mol. The van der Waals surface area contributed by atoms with E-state index in [0.29, 0.717) is 31.3 Å². The summed E-state index contributed by atoms with van der Waals surface area (Å²) in [6.07, 6.45) is 5.58. The van der Waals surface area contributed by atoms with Gasteiger partial charge >= 0.3 is 12.1 Å². The van der Waals surface area contributed by atoms with Gasteiger partial charge in [0.1, 0.15) is 6.10 Å². The van der Waals surface area contributed by atoms with E-state index in [0.717, 1.165) is 44.9 Å². The van der Waals surface area contributed by atoms with Crippen LogP contribution in [0.3, 0.4) is 0 Å². The molecule has 11 atom stereocenters. The molecule has 4 saturated carbocycles. The Morgan fingerprint density at radius 1 is 1.06 bits per heavy atom. The lowest BCUT2D eigenvalue weighted by atomic mass is 9.43. The first kappa shape index (κ1) is 26.7. The van der Waals surface area contributed by atoms with Gasteiger partial charge in [0.05, 0.1) is 25.9 Å². The van der Waals surface area contributed by atoms with E-state index in [4.69, 9.17) is 14.2 Å². The molecule has 7 nitrogen and oxygen atoms in total. The van der Waals surface area contributed by atoms with Crippen molar-refractivity contribution in [2.24, 2.45) is 46.3 Å². The van der Waals surface area contributed by atoms with Crippen molar-refractivity contribution in [3.8, 4) is 0 Å². The zero-order valence-corrected chi connectivity index (χ0v) is 22.2. The van der Waals surface area contributed by atoms with Crippen LogP contribution in [0.2, 0.25) is 0 Å². The molecule has 0 aromatic heterocycles. The third-order valence-corrected chi connectivity index (χ3v) is 11.1. The third kappa shape index (κ3) is 4.60. The summed E-state index contributed by atoms with van der Waals surface area (Å²) < 4.78 is 15.4. The molecule has 35 heavy (non-hydrogen) atoms. The molecule has 4 aliphatic rings. The number of fused-ring (bicyclic) bond motifs is 5. The van der Waals surface area contributed by atoms with Crippen molar-refractivity contribution < 1.29 is 34.0 Å². The van der Waals surface area contributed by atoms with E-state index in [1.807, 2.05) is 0 Å². The topological polar surface area (TPSA) is 102 Å². The Hall–Kier alpha value is -1.34. The van der Waals surface area contributed by atoms with Crippen molar-refractivity contribution in [1.82, 2.24) is 0 Å². The molecule has 0 radical (unpaired) electrons. The van der Waals surface area contributed by atoms with E-state index in [9.17, 15) is 19.8 Å². The number of ether oxygens (including phenoxy) is 3. The molecule has 0 aliphatic heterocycles. The van der Waals surface area contributed by atoms with Gasteiger partial charge in [-0.25, -0.2) is 4.79 Å². The Labute approximate surface area is 210 Å². The normalized spacial score (nSPS) is 45.5. The molecule has 4 fully saturated rings. The van der Waals surface area contributed by atoms with Gasteiger partial charge in [-0.1, -0.05) is 20.8 Å². The van der Waals surface area contributed by atoms with Crippen LogP contribution in [0.1, 0.15) is 85.5 Å². The lowest BCUT2D eigenvalue weighted by Gasteiger charge is -2.63. The van der Waals surface area contributed by atoms with E-state index in [1.54, 1.807) is 6.92 Å². The van der Waals surface area contributed by atoms with E-state index < -0.39 is 18.4 Å². The highest BCUT2D eigenvalue weighted by Crippen LogP contribution is 2.68. The lowest BCUT2D eigenvalue weighted by molar-refractivity contribution is -0.207. The number of aliphatic hydroxyl groups is 2. The molecule has 7 heteroatoms. The summed E-state index contributed by atoms with van der Waals surface area (Å²) in [5.74, 6) is 1.46. The predicted octanol–water partition coefficient (Wildman–Crippen LogP) is 4.72. The van der Waals surface area contributed by atoms with E-state index >= 15 is 0 Å². The minimum atomic E-state index is -0.600. The fourth-order valence-corrected chi connectivity index (χ4v) is 9.16. The second kappa shape index (κ2) is 10.2. The molecule has 0 bridgehead atoms. The van der Waals surface area contributed by atoms with Gasteiger partial charge < -0.3 is 24.4 Å². The second-order valence-electron chi connectivity index (χ2n) is 12.4. The van der Waals surface area contributed by atoms with Gasteiger partial charge in [0, 0.05) is 6.42 Å². The highest BCUT2D eigenvalue weighted by Gasteiger charge is 2.65. The van der Waals surface area contributed by atoms with Crippen molar-refractivity contribution in [3.05, 3.63) is 0 Å². The standard InChI is InChI=1S/C28H46O7/c1-6-34-26(32)35-18-11-12-27(3)17(13-18)14-22(29)25-20-9-8-19(16(2)7-10-24(31)33-5)28(20,4)23(30)15-21(25)27/h16-23,25,29-30H,6-15H2,1-5H3/t16-,17-,18+,19+,20-,21-,22-,23-,25-,27+,28+/m1/s1. The Morgan fingerprint density at radius 2 is 1.80 bits per heavy atom. The van der Waals surface area contributed by atoms with Crippen molar-refractivity contribution in [2.45, 2.75) is 104 Å². The fourth-order valence-electron chi connectivity index (χ4n) is 9.16. The average Bonchev–Trinajstić information content (AvgIpc) is 3.17. The van der Waals surface area contributed by atoms with Crippen LogP contribution in [0.5, 0.6) is 0 Å². The molecular formula is C28H46O7. The number of esters is 1. The summed E-state index contributed by atoms with van der Waals surface area (Å²) in [5, 5.41) is 23.2. The largest absolute Gasteiger partial charge is 0.508 e. The highest BCUT2D eigenvalue weighted by atomic mass is 16.7. The average molecular weight is 495 g/mol. The molecule has 0 heterocycles. The van der Waals surface area contributed by atoms with Gasteiger partial charge in [-0.3, -0.25) is 4.79 Å². The fraction of sp³-hybridized carbons (Fsp3) is 0.929. The summed E-state index contributed by atoms with van der Waals surface area (Å²) in [4.78, 5) is 23.6. The van der Waals surface area contributed by atoms with Gasteiger partial charge in [-0.05, 0) is 105 Å². The van der Waals surface area contributed by atoms with E-state index in [2.05, 4.69) is 20.8 Å². The smallest absolute Gasteiger partial charge is 0.469 e. The minimum Gasteiger partial charge on any atom is -0.469 e. The van der Waals surface area contributed by atoms with Gasteiger partial charge in [-0.15, -0.1) is 0 Å². The molecule has 0 saturated heterocycles.